The van der Waals surface area contributed by atoms with E-state index in [9.17, 15) is 22.8 Å². The SMILES string of the molecule is O=C(Cl)c1ccc(Cl)cc1NC(=O)c1cc(-c2ccc(Cl)cc2)oc1C(F)(F)F. The van der Waals surface area contributed by atoms with Crippen LogP contribution in [0.25, 0.3) is 11.3 Å². The van der Waals surface area contributed by atoms with Crippen molar-refractivity contribution in [3.8, 4) is 11.3 Å². The van der Waals surface area contributed by atoms with Crippen LogP contribution in [0.5, 0.6) is 0 Å². The minimum Gasteiger partial charge on any atom is -0.451 e. The molecular formula is C19H9Cl3F3NO3. The zero-order valence-electron chi connectivity index (χ0n) is 14.1. The molecule has 0 aliphatic rings. The van der Waals surface area contributed by atoms with Crippen LogP contribution in [0.4, 0.5) is 18.9 Å². The van der Waals surface area contributed by atoms with Crippen LogP contribution < -0.4 is 5.32 Å². The molecule has 0 bridgehead atoms. The van der Waals surface area contributed by atoms with E-state index in [1.165, 1.54) is 42.5 Å². The van der Waals surface area contributed by atoms with E-state index in [1.807, 2.05) is 0 Å². The molecule has 0 spiro atoms. The monoisotopic (exact) mass is 461 g/mol. The van der Waals surface area contributed by atoms with Gasteiger partial charge in [-0.3, -0.25) is 9.59 Å². The van der Waals surface area contributed by atoms with E-state index >= 15 is 0 Å². The minimum atomic E-state index is -4.93. The number of amides is 1. The standard InChI is InChI=1S/C19H9Cl3F3NO3/c20-10-3-1-9(2-4-10)15-8-13(16(29-15)19(23,24)25)18(28)26-14-7-11(21)5-6-12(14)17(22)27/h1-8H,(H,26,28). The summed E-state index contributed by atoms with van der Waals surface area (Å²) in [6.45, 7) is 0. The fraction of sp³-hybridized carbons (Fsp3) is 0.0526. The number of rotatable bonds is 4. The number of anilines is 1. The molecule has 29 heavy (non-hydrogen) atoms. The van der Waals surface area contributed by atoms with Crippen molar-refractivity contribution in [2.75, 3.05) is 5.32 Å². The first-order valence-corrected chi connectivity index (χ1v) is 8.97. The van der Waals surface area contributed by atoms with Crippen LogP contribution in [0.1, 0.15) is 26.5 Å². The molecular weight excluding hydrogens is 454 g/mol. The number of carbonyl (C=O) groups is 2. The summed E-state index contributed by atoms with van der Waals surface area (Å²) in [7, 11) is 0. The Balaban J connectivity index is 2.03. The average Bonchev–Trinajstić information content (AvgIpc) is 3.08. The predicted molar refractivity (Wildman–Crippen MR) is 104 cm³/mol. The zero-order valence-corrected chi connectivity index (χ0v) is 16.4. The molecule has 10 heteroatoms. The second-order valence-electron chi connectivity index (χ2n) is 5.78. The molecule has 1 heterocycles. The molecule has 0 saturated carbocycles. The predicted octanol–water partition coefficient (Wildman–Crippen LogP) is 6.90. The summed E-state index contributed by atoms with van der Waals surface area (Å²) < 4.78 is 45.2. The van der Waals surface area contributed by atoms with Crippen LogP contribution in [-0.2, 0) is 6.18 Å². The Hall–Kier alpha value is -2.48. The number of nitrogens with one attached hydrogen (secondary N) is 1. The van der Waals surface area contributed by atoms with Gasteiger partial charge in [0.05, 0.1) is 16.8 Å². The van der Waals surface area contributed by atoms with E-state index in [2.05, 4.69) is 5.32 Å². The fourth-order valence-electron chi connectivity index (χ4n) is 2.51. The molecule has 1 aromatic heterocycles. The van der Waals surface area contributed by atoms with Crippen molar-refractivity contribution in [2.24, 2.45) is 0 Å². The highest BCUT2D eigenvalue weighted by molar-refractivity contribution is 6.68. The third kappa shape index (κ3) is 4.75. The van der Waals surface area contributed by atoms with E-state index in [-0.39, 0.29) is 22.0 Å². The van der Waals surface area contributed by atoms with Crippen molar-refractivity contribution in [1.82, 2.24) is 0 Å². The first kappa shape index (κ1) is 21.2. The van der Waals surface area contributed by atoms with Gasteiger partial charge >= 0.3 is 6.18 Å². The Morgan fingerprint density at radius 3 is 2.10 bits per heavy atom. The number of alkyl halides is 3. The molecule has 0 radical (unpaired) electrons. The third-order valence-electron chi connectivity index (χ3n) is 3.80. The lowest BCUT2D eigenvalue weighted by Gasteiger charge is -2.10. The number of furan rings is 1. The largest absolute Gasteiger partial charge is 0.451 e. The topological polar surface area (TPSA) is 59.3 Å². The van der Waals surface area contributed by atoms with E-state index in [0.29, 0.717) is 10.6 Å². The molecule has 4 nitrogen and oxygen atoms in total. The van der Waals surface area contributed by atoms with Gasteiger partial charge in [-0.2, -0.15) is 13.2 Å². The fourth-order valence-corrected chi connectivity index (χ4v) is 2.97. The molecule has 0 aliphatic heterocycles. The highest BCUT2D eigenvalue weighted by atomic mass is 35.5. The number of hydrogen-bond acceptors (Lipinski definition) is 3. The van der Waals surface area contributed by atoms with E-state index in [0.717, 1.165) is 6.07 Å². The van der Waals surface area contributed by atoms with E-state index in [4.69, 9.17) is 39.2 Å². The quantitative estimate of drug-likeness (QED) is 0.429. The van der Waals surface area contributed by atoms with Crippen molar-refractivity contribution in [2.45, 2.75) is 6.18 Å². The summed E-state index contributed by atoms with van der Waals surface area (Å²) >= 11 is 17.1. The van der Waals surface area contributed by atoms with Gasteiger partial charge in [0.1, 0.15) is 5.76 Å². The smallest absolute Gasteiger partial charge is 0.450 e. The lowest BCUT2D eigenvalue weighted by atomic mass is 10.1. The molecule has 0 aliphatic carbocycles. The third-order valence-corrected chi connectivity index (χ3v) is 4.50. The summed E-state index contributed by atoms with van der Waals surface area (Å²) in [5.41, 5.74) is -0.738. The minimum absolute atomic E-state index is 0.126. The van der Waals surface area contributed by atoms with Gasteiger partial charge in [0.15, 0.2) is 0 Å². The van der Waals surface area contributed by atoms with Crippen LogP contribution in [0, 0.1) is 0 Å². The first-order chi connectivity index (χ1) is 13.6. The van der Waals surface area contributed by atoms with Crippen molar-refractivity contribution < 1.29 is 27.2 Å². The number of hydrogen-bond donors (Lipinski definition) is 1. The van der Waals surface area contributed by atoms with E-state index < -0.39 is 28.6 Å². The van der Waals surface area contributed by atoms with Gasteiger partial charge in [-0.15, -0.1) is 0 Å². The van der Waals surface area contributed by atoms with Crippen LogP contribution >= 0.6 is 34.8 Å². The van der Waals surface area contributed by atoms with Gasteiger partial charge in [0.25, 0.3) is 11.1 Å². The molecule has 0 unspecified atom stereocenters. The van der Waals surface area contributed by atoms with Crippen molar-refractivity contribution in [3.05, 3.63) is 75.5 Å². The number of halogens is 6. The van der Waals surface area contributed by atoms with Gasteiger partial charge in [-0.05, 0) is 60.1 Å². The summed E-state index contributed by atoms with van der Waals surface area (Å²) in [6, 6.07) is 10.6. The highest BCUT2D eigenvalue weighted by Crippen LogP contribution is 2.38. The van der Waals surface area contributed by atoms with Gasteiger partial charge < -0.3 is 9.73 Å². The van der Waals surface area contributed by atoms with E-state index in [1.54, 1.807) is 0 Å². The molecule has 0 atom stereocenters. The molecule has 3 aromatic rings. The summed E-state index contributed by atoms with van der Waals surface area (Å²) in [4.78, 5) is 24.1. The van der Waals surface area contributed by atoms with Crippen molar-refractivity contribution >= 4 is 51.6 Å². The Morgan fingerprint density at radius 1 is 0.897 bits per heavy atom. The zero-order chi connectivity index (χ0) is 21.3. The molecule has 1 N–H and O–H groups in total. The van der Waals surface area contributed by atoms with Crippen LogP contribution in [0.3, 0.4) is 0 Å². The molecule has 150 valence electrons. The van der Waals surface area contributed by atoms with Gasteiger partial charge in [-0.25, -0.2) is 0 Å². The Kier molecular flexibility index (Phi) is 5.93. The van der Waals surface area contributed by atoms with Gasteiger partial charge in [-0.1, -0.05) is 23.2 Å². The van der Waals surface area contributed by atoms with Crippen LogP contribution in [-0.4, -0.2) is 11.1 Å². The second kappa shape index (κ2) is 8.10. The average molecular weight is 463 g/mol. The lowest BCUT2D eigenvalue weighted by Crippen LogP contribution is -2.18. The maximum atomic E-state index is 13.4. The summed E-state index contributed by atoms with van der Waals surface area (Å²) in [5.74, 6) is -2.82. The van der Waals surface area contributed by atoms with Crippen molar-refractivity contribution in [3.63, 3.8) is 0 Å². The number of carbonyl (C=O) groups excluding carboxylic acids is 2. The van der Waals surface area contributed by atoms with Crippen LogP contribution in [0.15, 0.2) is 52.9 Å². The molecule has 1 amide bonds. The maximum absolute atomic E-state index is 13.4. The second-order valence-corrected chi connectivity index (χ2v) is 6.99. The van der Waals surface area contributed by atoms with Crippen molar-refractivity contribution in [1.29, 1.82) is 0 Å². The highest BCUT2D eigenvalue weighted by Gasteiger charge is 2.40. The molecule has 3 rings (SSSR count). The van der Waals surface area contributed by atoms with Crippen LogP contribution in [0.2, 0.25) is 10.0 Å². The maximum Gasteiger partial charge on any atom is 0.450 e. The lowest BCUT2D eigenvalue weighted by molar-refractivity contribution is -0.153. The summed E-state index contributed by atoms with van der Waals surface area (Å²) in [6.07, 6.45) is -4.93. The number of benzene rings is 2. The first-order valence-electron chi connectivity index (χ1n) is 7.84. The Morgan fingerprint density at radius 2 is 1.52 bits per heavy atom. The molecule has 0 fully saturated rings. The Labute approximate surface area is 177 Å². The van der Waals surface area contributed by atoms with Gasteiger partial charge in [0.2, 0.25) is 5.76 Å². The molecule has 0 saturated heterocycles. The Bertz CT molecular complexity index is 1090. The molecule has 2 aromatic carbocycles. The normalized spacial score (nSPS) is 11.4. The van der Waals surface area contributed by atoms with Gasteiger partial charge in [0, 0.05) is 15.6 Å². The summed E-state index contributed by atoms with van der Waals surface area (Å²) in [5, 5.41) is 1.84.